The highest BCUT2D eigenvalue weighted by molar-refractivity contribution is 9.10. The third-order valence-electron chi connectivity index (χ3n) is 2.73. The van der Waals surface area contributed by atoms with E-state index in [0.717, 1.165) is 21.7 Å². The second-order valence-corrected chi connectivity index (χ2v) is 6.16. The van der Waals surface area contributed by atoms with Crippen LogP contribution in [0.5, 0.6) is 0 Å². The molecule has 0 radical (unpaired) electrons. The fourth-order valence-corrected chi connectivity index (χ4v) is 3.15. The number of halogens is 4. The SMILES string of the molecule is Cc1cccc(C(Br)c2ccc(F)c(Br)c2)c1Cl. The van der Waals surface area contributed by atoms with Gasteiger partial charge >= 0.3 is 0 Å². The molecule has 0 aliphatic heterocycles. The van der Waals surface area contributed by atoms with E-state index in [2.05, 4.69) is 31.9 Å². The quantitative estimate of drug-likeness (QED) is 0.547. The summed E-state index contributed by atoms with van der Waals surface area (Å²) in [6.07, 6.45) is 0. The summed E-state index contributed by atoms with van der Waals surface area (Å²) in [5.41, 5.74) is 2.96. The molecule has 2 rings (SSSR count). The Morgan fingerprint density at radius 3 is 2.61 bits per heavy atom. The molecule has 0 fully saturated rings. The van der Waals surface area contributed by atoms with Gasteiger partial charge < -0.3 is 0 Å². The van der Waals surface area contributed by atoms with Crippen molar-refractivity contribution < 1.29 is 4.39 Å². The van der Waals surface area contributed by atoms with Crippen molar-refractivity contribution in [3.05, 3.63) is 68.4 Å². The molecule has 1 atom stereocenters. The Morgan fingerprint density at radius 1 is 1.22 bits per heavy atom. The van der Waals surface area contributed by atoms with E-state index in [1.807, 2.05) is 25.1 Å². The third kappa shape index (κ3) is 2.79. The van der Waals surface area contributed by atoms with Crippen molar-refractivity contribution >= 4 is 43.5 Å². The monoisotopic (exact) mass is 390 g/mol. The minimum atomic E-state index is -0.270. The van der Waals surface area contributed by atoms with Gasteiger partial charge in [-0.15, -0.1) is 0 Å². The van der Waals surface area contributed by atoms with Crippen molar-refractivity contribution in [2.24, 2.45) is 0 Å². The lowest BCUT2D eigenvalue weighted by Crippen LogP contribution is -1.96. The van der Waals surface area contributed by atoms with Crippen LogP contribution in [0.2, 0.25) is 5.02 Å². The molecule has 0 bridgehead atoms. The summed E-state index contributed by atoms with van der Waals surface area (Å²) in [7, 11) is 0. The molecule has 4 heteroatoms. The molecule has 94 valence electrons. The molecule has 0 aliphatic carbocycles. The molecule has 0 amide bonds. The van der Waals surface area contributed by atoms with E-state index in [1.165, 1.54) is 6.07 Å². The van der Waals surface area contributed by atoms with Crippen LogP contribution in [0.3, 0.4) is 0 Å². The van der Waals surface area contributed by atoms with Crippen molar-refractivity contribution in [1.82, 2.24) is 0 Å². The summed E-state index contributed by atoms with van der Waals surface area (Å²) in [6, 6.07) is 10.8. The molecular weight excluding hydrogens is 382 g/mol. The van der Waals surface area contributed by atoms with Crippen LogP contribution in [-0.2, 0) is 0 Å². The van der Waals surface area contributed by atoms with Crippen LogP contribution in [0.25, 0.3) is 0 Å². The highest BCUT2D eigenvalue weighted by atomic mass is 79.9. The summed E-state index contributed by atoms with van der Waals surface area (Å²) in [6.45, 7) is 1.96. The summed E-state index contributed by atoms with van der Waals surface area (Å²) < 4.78 is 13.7. The lowest BCUT2D eigenvalue weighted by molar-refractivity contribution is 0.620. The third-order valence-corrected chi connectivity index (χ3v) is 4.88. The summed E-state index contributed by atoms with van der Waals surface area (Å²) in [4.78, 5) is -0.0539. The van der Waals surface area contributed by atoms with Crippen molar-refractivity contribution in [3.63, 3.8) is 0 Å². The molecule has 0 N–H and O–H groups in total. The van der Waals surface area contributed by atoms with Gasteiger partial charge in [0.15, 0.2) is 0 Å². The lowest BCUT2D eigenvalue weighted by atomic mass is 10.0. The second kappa shape index (κ2) is 5.72. The summed E-state index contributed by atoms with van der Waals surface area (Å²) in [5.74, 6) is -0.270. The van der Waals surface area contributed by atoms with Gasteiger partial charge in [-0.05, 0) is 51.7 Å². The maximum absolute atomic E-state index is 13.2. The minimum absolute atomic E-state index is 0.0539. The van der Waals surface area contributed by atoms with Gasteiger partial charge in [0.1, 0.15) is 5.82 Å². The molecule has 18 heavy (non-hydrogen) atoms. The topological polar surface area (TPSA) is 0 Å². The van der Waals surface area contributed by atoms with Gasteiger partial charge in [-0.3, -0.25) is 0 Å². The molecule has 0 aliphatic rings. The average molecular weight is 392 g/mol. The molecule has 2 aromatic carbocycles. The molecule has 2 aromatic rings. The van der Waals surface area contributed by atoms with Crippen molar-refractivity contribution in [1.29, 1.82) is 0 Å². The molecule has 0 heterocycles. The fraction of sp³-hybridized carbons (Fsp3) is 0.143. The standard InChI is InChI=1S/C14H10Br2ClF/c1-8-3-2-4-10(14(8)17)13(16)9-5-6-12(18)11(15)7-9/h2-7,13H,1H3. The molecule has 0 spiro atoms. The Hall–Kier alpha value is -0.380. The highest BCUT2D eigenvalue weighted by Crippen LogP contribution is 2.37. The first kappa shape index (κ1) is 14.0. The van der Waals surface area contributed by atoms with Crippen LogP contribution in [0.1, 0.15) is 21.5 Å². The van der Waals surface area contributed by atoms with E-state index in [9.17, 15) is 4.39 Å². The van der Waals surface area contributed by atoms with Crippen molar-refractivity contribution in [2.45, 2.75) is 11.8 Å². The molecule has 0 nitrogen and oxygen atoms in total. The van der Waals surface area contributed by atoms with E-state index in [0.29, 0.717) is 4.47 Å². The minimum Gasteiger partial charge on any atom is -0.206 e. The Labute approximate surface area is 127 Å². The molecule has 0 saturated carbocycles. The van der Waals surface area contributed by atoms with Gasteiger partial charge in [0.25, 0.3) is 0 Å². The van der Waals surface area contributed by atoms with Crippen molar-refractivity contribution in [2.75, 3.05) is 0 Å². The first-order valence-electron chi connectivity index (χ1n) is 5.34. The Bertz CT molecular complexity index is 584. The Morgan fingerprint density at radius 2 is 1.94 bits per heavy atom. The van der Waals surface area contributed by atoms with Gasteiger partial charge in [0, 0.05) is 5.02 Å². The maximum atomic E-state index is 13.2. The van der Waals surface area contributed by atoms with Gasteiger partial charge in [0.2, 0.25) is 0 Å². The van der Waals surface area contributed by atoms with E-state index in [1.54, 1.807) is 12.1 Å². The Balaban J connectivity index is 2.44. The summed E-state index contributed by atoms with van der Waals surface area (Å²) >= 11 is 13.1. The van der Waals surface area contributed by atoms with Crippen LogP contribution in [0.4, 0.5) is 4.39 Å². The number of hydrogen-bond donors (Lipinski definition) is 0. The van der Waals surface area contributed by atoms with Gasteiger partial charge in [0.05, 0.1) is 9.30 Å². The van der Waals surface area contributed by atoms with Crippen molar-refractivity contribution in [3.8, 4) is 0 Å². The first-order valence-corrected chi connectivity index (χ1v) is 7.43. The van der Waals surface area contributed by atoms with Crippen LogP contribution >= 0.6 is 43.5 Å². The zero-order valence-electron chi connectivity index (χ0n) is 9.55. The Kier molecular flexibility index (Phi) is 4.46. The molecule has 1 unspecified atom stereocenters. The smallest absolute Gasteiger partial charge is 0.137 e. The number of aryl methyl sites for hydroxylation is 1. The lowest BCUT2D eigenvalue weighted by Gasteiger charge is -2.14. The number of benzene rings is 2. The van der Waals surface area contributed by atoms with E-state index in [4.69, 9.17) is 11.6 Å². The highest BCUT2D eigenvalue weighted by Gasteiger charge is 2.15. The fourth-order valence-electron chi connectivity index (χ4n) is 1.72. The predicted molar refractivity (Wildman–Crippen MR) is 81.1 cm³/mol. The predicted octanol–water partition coefficient (Wildman–Crippen LogP) is 6.03. The molecule has 0 aromatic heterocycles. The molecular formula is C14H10Br2ClF. The zero-order valence-corrected chi connectivity index (χ0v) is 13.5. The normalized spacial score (nSPS) is 12.5. The van der Waals surface area contributed by atoms with Gasteiger partial charge in [-0.2, -0.15) is 0 Å². The summed E-state index contributed by atoms with van der Waals surface area (Å²) in [5, 5.41) is 0.736. The van der Waals surface area contributed by atoms with Crippen LogP contribution in [0.15, 0.2) is 40.9 Å². The molecule has 0 saturated heterocycles. The van der Waals surface area contributed by atoms with Crippen LogP contribution in [-0.4, -0.2) is 0 Å². The average Bonchev–Trinajstić information content (AvgIpc) is 2.35. The van der Waals surface area contributed by atoms with Gasteiger partial charge in [-0.25, -0.2) is 4.39 Å². The first-order chi connectivity index (χ1) is 8.50. The van der Waals surface area contributed by atoms with E-state index >= 15 is 0 Å². The zero-order chi connectivity index (χ0) is 13.3. The second-order valence-electron chi connectivity index (χ2n) is 4.01. The number of alkyl halides is 1. The number of rotatable bonds is 2. The van der Waals surface area contributed by atoms with E-state index in [-0.39, 0.29) is 10.6 Å². The number of hydrogen-bond acceptors (Lipinski definition) is 0. The maximum Gasteiger partial charge on any atom is 0.137 e. The largest absolute Gasteiger partial charge is 0.206 e. The van der Waals surface area contributed by atoms with E-state index < -0.39 is 0 Å². The van der Waals surface area contributed by atoms with Crippen LogP contribution in [0, 0.1) is 12.7 Å². The van der Waals surface area contributed by atoms with Crippen LogP contribution < -0.4 is 0 Å². The van der Waals surface area contributed by atoms with Gasteiger partial charge in [-0.1, -0.05) is 51.8 Å².